The molecule has 0 bridgehead atoms. The van der Waals surface area contributed by atoms with Crippen molar-refractivity contribution in [3.8, 4) is 0 Å². The van der Waals surface area contributed by atoms with E-state index in [0.29, 0.717) is 12.4 Å². The van der Waals surface area contributed by atoms with Crippen molar-refractivity contribution in [3.63, 3.8) is 0 Å². The monoisotopic (exact) mass is 227 g/mol. The van der Waals surface area contributed by atoms with Crippen molar-refractivity contribution >= 4 is 21.4 Å². The van der Waals surface area contributed by atoms with Crippen LogP contribution >= 0.6 is 11.6 Å². The summed E-state index contributed by atoms with van der Waals surface area (Å²) in [5, 5.41) is 3.07. The van der Waals surface area contributed by atoms with E-state index >= 15 is 0 Å². The highest BCUT2D eigenvalue weighted by Gasteiger charge is 2.15. The van der Waals surface area contributed by atoms with Crippen LogP contribution in [0.3, 0.4) is 0 Å². The zero-order chi connectivity index (χ0) is 10.5. The topological polar surface area (TPSA) is 46.2 Å². The third-order valence-electron chi connectivity index (χ3n) is 1.61. The summed E-state index contributed by atoms with van der Waals surface area (Å²) in [6.07, 6.45) is 1.24. The molecular formula is C8H18ClNO2S. The molecule has 5 heteroatoms. The van der Waals surface area contributed by atoms with Gasteiger partial charge in [-0.05, 0) is 5.41 Å². The van der Waals surface area contributed by atoms with Crippen LogP contribution in [0.5, 0.6) is 0 Å². The average Bonchev–Trinajstić information content (AvgIpc) is 1.97. The van der Waals surface area contributed by atoms with E-state index in [1.165, 1.54) is 6.26 Å². The van der Waals surface area contributed by atoms with E-state index in [-0.39, 0.29) is 11.2 Å². The molecule has 0 spiro atoms. The van der Waals surface area contributed by atoms with E-state index in [9.17, 15) is 8.42 Å². The first-order valence-electron chi connectivity index (χ1n) is 4.21. The quantitative estimate of drug-likeness (QED) is 0.542. The standard InChI is InChI=1S/C8H18ClNO2S/c1-8(2,6-9)7-10-4-5-13(3,11)12/h10H,4-7H2,1-3H3. The van der Waals surface area contributed by atoms with Crippen molar-refractivity contribution in [2.75, 3.05) is 31.0 Å². The maximum atomic E-state index is 10.8. The van der Waals surface area contributed by atoms with Crippen molar-refractivity contribution in [1.82, 2.24) is 5.32 Å². The summed E-state index contributed by atoms with van der Waals surface area (Å²) in [6.45, 7) is 5.31. The normalized spacial score (nSPS) is 13.2. The highest BCUT2D eigenvalue weighted by atomic mass is 35.5. The number of nitrogens with one attached hydrogen (secondary N) is 1. The van der Waals surface area contributed by atoms with E-state index in [4.69, 9.17) is 11.6 Å². The molecule has 0 radical (unpaired) electrons. The highest BCUT2D eigenvalue weighted by molar-refractivity contribution is 7.90. The fourth-order valence-electron chi connectivity index (χ4n) is 0.732. The van der Waals surface area contributed by atoms with Gasteiger partial charge in [0.1, 0.15) is 9.84 Å². The second kappa shape index (κ2) is 5.17. The summed E-state index contributed by atoms with van der Waals surface area (Å²) >= 11 is 5.70. The summed E-state index contributed by atoms with van der Waals surface area (Å²) in [5.74, 6) is 0.754. The number of alkyl halides is 1. The van der Waals surface area contributed by atoms with Gasteiger partial charge in [0.05, 0.1) is 5.75 Å². The van der Waals surface area contributed by atoms with Crippen LogP contribution in [0, 0.1) is 5.41 Å². The lowest BCUT2D eigenvalue weighted by Gasteiger charge is -2.21. The van der Waals surface area contributed by atoms with Crippen LogP contribution in [0.1, 0.15) is 13.8 Å². The minimum absolute atomic E-state index is 0.0268. The smallest absolute Gasteiger partial charge is 0.148 e. The van der Waals surface area contributed by atoms with Crippen LogP contribution in [-0.2, 0) is 9.84 Å². The summed E-state index contributed by atoms with van der Waals surface area (Å²) in [6, 6.07) is 0. The summed E-state index contributed by atoms with van der Waals surface area (Å²) in [7, 11) is -2.84. The molecule has 0 aliphatic heterocycles. The van der Waals surface area contributed by atoms with E-state index < -0.39 is 9.84 Å². The van der Waals surface area contributed by atoms with Crippen LogP contribution < -0.4 is 5.32 Å². The Morgan fingerprint density at radius 3 is 2.31 bits per heavy atom. The summed E-state index contributed by atoms with van der Waals surface area (Å²) in [5.41, 5.74) is 0.0268. The molecule has 0 aliphatic carbocycles. The molecule has 1 N–H and O–H groups in total. The molecule has 0 fully saturated rings. The van der Waals surface area contributed by atoms with E-state index in [0.717, 1.165) is 6.54 Å². The Morgan fingerprint density at radius 1 is 1.38 bits per heavy atom. The maximum absolute atomic E-state index is 10.8. The van der Waals surface area contributed by atoms with Gasteiger partial charge in [0.25, 0.3) is 0 Å². The van der Waals surface area contributed by atoms with Gasteiger partial charge in [-0.1, -0.05) is 13.8 Å². The second-order valence-electron chi connectivity index (χ2n) is 4.10. The van der Waals surface area contributed by atoms with Crippen LogP contribution in [0.2, 0.25) is 0 Å². The Kier molecular flexibility index (Phi) is 5.25. The van der Waals surface area contributed by atoms with Gasteiger partial charge in [0, 0.05) is 25.2 Å². The predicted octanol–water partition coefficient (Wildman–Crippen LogP) is 0.886. The Hall–Kier alpha value is 0.200. The zero-order valence-corrected chi connectivity index (χ0v) is 10.0. The van der Waals surface area contributed by atoms with Gasteiger partial charge in [0.2, 0.25) is 0 Å². The van der Waals surface area contributed by atoms with Gasteiger partial charge >= 0.3 is 0 Å². The second-order valence-corrected chi connectivity index (χ2v) is 6.63. The molecule has 0 heterocycles. The van der Waals surface area contributed by atoms with Crippen molar-refractivity contribution < 1.29 is 8.42 Å². The number of hydrogen-bond donors (Lipinski definition) is 1. The van der Waals surface area contributed by atoms with Crippen LogP contribution in [0.25, 0.3) is 0 Å². The van der Waals surface area contributed by atoms with Crippen molar-refractivity contribution in [3.05, 3.63) is 0 Å². The van der Waals surface area contributed by atoms with Gasteiger partial charge in [-0.2, -0.15) is 0 Å². The largest absolute Gasteiger partial charge is 0.315 e. The molecule has 0 aromatic carbocycles. The lowest BCUT2D eigenvalue weighted by Crippen LogP contribution is -2.33. The fourth-order valence-corrected chi connectivity index (χ4v) is 1.34. The molecule has 0 aliphatic rings. The highest BCUT2D eigenvalue weighted by Crippen LogP contribution is 2.14. The Bertz CT molecular complexity index is 237. The van der Waals surface area contributed by atoms with Gasteiger partial charge < -0.3 is 5.32 Å². The van der Waals surface area contributed by atoms with Gasteiger partial charge in [-0.3, -0.25) is 0 Å². The number of halogens is 1. The summed E-state index contributed by atoms with van der Waals surface area (Å²) < 4.78 is 21.5. The van der Waals surface area contributed by atoms with E-state index in [1.807, 2.05) is 13.8 Å². The number of sulfone groups is 1. The molecule has 0 amide bonds. The average molecular weight is 228 g/mol. The lowest BCUT2D eigenvalue weighted by molar-refractivity contribution is 0.391. The van der Waals surface area contributed by atoms with Crippen molar-refractivity contribution in [2.24, 2.45) is 5.41 Å². The molecule has 0 aromatic heterocycles. The first-order chi connectivity index (χ1) is 5.77. The van der Waals surface area contributed by atoms with Crippen LogP contribution in [0.4, 0.5) is 0 Å². The molecular weight excluding hydrogens is 210 g/mol. The Balaban J connectivity index is 3.58. The third kappa shape index (κ3) is 8.53. The number of rotatable bonds is 6. The molecule has 0 aromatic rings. The molecule has 0 atom stereocenters. The van der Waals surface area contributed by atoms with Gasteiger partial charge in [-0.25, -0.2) is 8.42 Å². The predicted molar refractivity (Wildman–Crippen MR) is 57.1 cm³/mol. The zero-order valence-electron chi connectivity index (χ0n) is 8.43. The summed E-state index contributed by atoms with van der Waals surface area (Å²) in [4.78, 5) is 0. The molecule has 80 valence electrons. The first-order valence-corrected chi connectivity index (χ1v) is 6.81. The Labute approximate surface area is 85.8 Å². The van der Waals surface area contributed by atoms with Crippen molar-refractivity contribution in [2.45, 2.75) is 13.8 Å². The Morgan fingerprint density at radius 2 is 1.92 bits per heavy atom. The molecule has 0 unspecified atom stereocenters. The van der Waals surface area contributed by atoms with E-state index in [1.54, 1.807) is 0 Å². The van der Waals surface area contributed by atoms with E-state index in [2.05, 4.69) is 5.32 Å². The minimum Gasteiger partial charge on any atom is -0.315 e. The van der Waals surface area contributed by atoms with Crippen molar-refractivity contribution in [1.29, 1.82) is 0 Å². The van der Waals surface area contributed by atoms with Gasteiger partial charge in [-0.15, -0.1) is 11.6 Å². The van der Waals surface area contributed by atoms with Crippen LogP contribution in [-0.4, -0.2) is 39.4 Å². The molecule has 0 rings (SSSR count). The molecule has 13 heavy (non-hydrogen) atoms. The molecule has 3 nitrogen and oxygen atoms in total. The SMILES string of the molecule is CC(C)(CCl)CNCCS(C)(=O)=O. The fraction of sp³-hybridized carbons (Fsp3) is 1.00. The molecule has 0 saturated carbocycles. The first kappa shape index (κ1) is 13.2. The van der Waals surface area contributed by atoms with Crippen LogP contribution in [0.15, 0.2) is 0 Å². The molecule has 0 saturated heterocycles. The lowest BCUT2D eigenvalue weighted by atomic mass is 9.97. The third-order valence-corrected chi connectivity index (χ3v) is 3.28. The minimum atomic E-state index is -2.84. The maximum Gasteiger partial charge on any atom is 0.148 e. The number of hydrogen-bond acceptors (Lipinski definition) is 3. The van der Waals surface area contributed by atoms with Gasteiger partial charge in [0.15, 0.2) is 0 Å².